The van der Waals surface area contributed by atoms with Crippen molar-refractivity contribution < 1.29 is 13.9 Å². The summed E-state index contributed by atoms with van der Waals surface area (Å²) in [5.41, 5.74) is 1.88. The maximum absolute atomic E-state index is 12.8. The minimum Gasteiger partial charge on any atom is -0.408 e. The predicted molar refractivity (Wildman–Crippen MR) is 102 cm³/mol. The monoisotopic (exact) mass is 406 g/mol. The molecule has 8 heteroatoms. The van der Waals surface area contributed by atoms with Crippen LogP contribution in [-0.2, 0) is 16.1 Å². The standard InChI is InChI=1S/C19H16Cl2N2O4/c20-13-7-12(8-14(21)9-13)17-10-22(5-6-26-17)18(24)11-23-15-3-1-2-4-16(15)27-19(23)25/h1-4,7-9,17H,5-6,10-11H2/t17-/m0/s1. The second-order valence-corrected chi connectivity index (χ2v) is 7.20. The van der Waals surface area contributed by atoms with Gasteiger partial charge in [-0.15, -0.1) is 0 Å². The first kappa shape index (κ1) is 18.1. The molecular formula is C19H16Cl2N2O4. The van der Waals surface area contributed by atoms with Crippen LogP contribution in [0.4, 0.5) is 0 Å². The van der Waals surface area contributed by atoms with Gasteiger partial charge in [0.1, 0.15) is 12.6 Å². The van der Waals surface area contributed by atoms with Crippen LogP contribution in [0.5, 0.6) is 0 Å². The Bertz CT molecular complexity index is 1040. The fraction of sp³-hybridized carbons (Fsp3) is 0.263. The summed E-state index contributed by atoms with van der Waals surface area (Å²) in [4.78, 5) is 26.6. The molecule has 0 aliphatic carbocycles. The highest BCUT2D eigenvalue weighted by Gasteiger charge is 2.27. The molecule has 1 aliphatic rings. The number of oxazole rings is 1. The summed E-state index contributed by atoms with van der Waals surface area (Å²) in [5, 5.41) is 1.03. The smallest absolute Gasteiger partial charge is 0.408 e. The SMILES string of the molecule is O=C(Cn1c(=O)oc2ccccc21)N1CCO[C@H](c2cc(Cl)cc(Cl)c2)C1. The lowest BCUT2D eigenvalue weighted by Crippen LogP contribution is -2.44. The topological polar surface area (TPSA) is 64.7 Å². The van der Waals surface area contributed by atoms with E-state index in [1.807, 2.05) is 0 Å². The van der Waals surface area contributed by atoms with E-state index in [2.05, 4.69) is 0 Å². The summed E-state index contributed by atoms with van der Waals surface area (Å²) in [7, 11) is 0. The normalized spacial score (nSPS) is 17.4. The molecule has 0 saturated carbocycles. The average Bonchev–Trinajstić information content (AvgIpc) is 2.96. The van der Waals surface area contributed by atoms with Gasteiger partial charge in [-0.1, -0.05) is 35.3 Å². The van der Waals surface area contributed by atoms with E-state index in [1.54, 1.807) is 47.4 Å². The van der Waals surface area contributed by atoms with E-state index in [0.29, 0.717) is 40.8 Å². The first-order valence-corrected chi connectivity index (χ1v) is 9.20. The van der Waals surface area contributed by atoms with Crippen LogP contribution >= 0.6 is 23.2 Å². The van der Waals surface area contributed by atoms with Crippen molar-refractivity contribution in [2.45, 2.75) is 12.6 Å². The summed E-state index contributed by atoms with van der Waals surface area (Å²) in [6.45, 7) is 1.12. The predicted octanol–water partition coefficient (Wildman–Crippen LogP) is 3.50. The molecule has 2 aromatic carbocycles. The first-order chi connectivity index (χ1) is 13.0. The third-order valence-corrected chi connectivity index (χ3v) is 4.98. The number of fused-ring (bicyclic) bond motifs is 1. The second-order valence-electron chi connectivity index (χ2n) is 6.32. The summed E-state index contributed by atoms with van der Waals surface area (Å²) >= 11 is 12.1. The molecule has 0 radical (unpaired) electrons. The highest BCUT2D eigenvalue weighted by atomic mass is 35.5. The van der Waals surface area contributed by atoms with Gasteiger partial charge in [-0.25, -0.2) is 4.79 Å². The Labute approximate surface area is 164 Å². The van der Waals surface area contributed by atoms with E-state index in [9.17, 15) is 9.59 Å². The van der Waals surface area contributed by atoms with Gasteiger partial charge < -0.3 is 14.1 Å². The van der Waals surface area contributed by atoms with Crippen molar-refractivity contribution >= 4 is 40.2 Å². The van der Waals surface area contributed by atoms with Crippen molar-refractivity contribution in [3.8, 4) is 0 Å². The Morgan fingerprint density at radius 3 is 2.67 bits per heavy atom. The number of benzene rings is 2. The van der Waals surface area contributed by atoms with E-state index >= 15 is 0 Å². The van der Waals surface area contributed by atoms with E-state index in [4.69, 9.17) is 32.4 Å². The lowest BCUT2D eigenvalue weighted by Gasteiger charge is -2.33. The molecule has 1 fully saturated rings. The van der Waals surface area contributed by atoms with Crippen molar-refractivity contribution in [2.24, 2.45) is 0 Å². The largest absolute Gasteiger partial charge is 0.420 e. The molecule has 0 spiro atoms. The van der Waals surface area contributed by atoms with Gasteiger partial charge in [0.25, 0.3) is 0 Å². The van der Waals surface area contributed by atoms with Crippen LogP contribution < -0.4 is 5.76 Å². The third-order valence-electron chi connectivity index (χ3n) is 4.54. The fourth-order valence-electron chi connectivity index (χ4n) is 3.24. The molecule has 1 saturated heterocycles. The molecule has 0 N–H and O–H groups in total. The van der Waals surface area contributed by atoms with Crippen molar-refractivity contribution in [1.82, 2.24) is 9.47 Å². The van der Waals surface area contributed by atoms with Gasteiger partial charge in [-0.3, -0.25) is 9.36 Å². The molecule has 27 heavy (non-hydrogen) atoms. The highest BCUT2D eigenvalue weighted by Crippen LogP contribution is 2.28. The first-order valence-electron chi connectivity index (χ1n) is 8.45. The van der Waals surface area contributed by atoms with Gasteiger partial charge in [0.05, 0.1) is 18.7 Å². The number of nitrogens with zero attached hydrogens (tertiary/aromatic N) is 2. The lowest BCUT2D eigenvalue weighted by atomic mass is 10.1. The van der Waals surface area contributed by atoms with Crippen molar-refractivity contribution in [3.05, 3.63) is 68.6 Å². The molecule has 3 aromatic rings. The van der Waals surface area contributed by atoms with Crippen LogP contribution in [-0.4, -0.2) is 35.1 Å². The van der Waals surface area contributed by atoms with Crippen LogP contribution in [0.1, 0.15) is 11.7 Å². The molecule has 0 unspecified atom stereocenters. The van der Waals surface area contributed by atoms with Crippen LogP contribution in [0.25, 0.3) is 11.1 Å². The van der Waals surface area contributed by atoms with Gasteiger partial charge in [0.15, 0.2) is 5.58 Å². The molecule has 1 aliphatic heterocycles. The molecule has 2 heterocycles. The van der Waals surface area contributed by atoms with Gasteiger partial charge in [-0.2, -0.15) is 0 Å². The number of hydrogen-bond donors (Lipinski definition) is 0. The highest BCUT2D eigenvalue weighted by molar-refractivity contribution is 6.34. The minimum absolute atomic E-state index is 0.0845. The van der Waals surface area contributed by atoms with E-state index in [-0.39, 0.29) is 18.6 Å². The number of rotatable bonds is 3. The number of morpholine rings is 1. The Morgan fingerprint density at radius 2 is 1.89 bits per heavy atom. The quantitative estimate of drug-likeness (QED) is 0.667. The number of halogens is 2. The molecular weight excluding hydrogens is 391 g/mol. The van der Waals surface area contributed by atoms with Gasteiger partial charge in [0.2, 0.25) is 5.91 Å². The maximum atomic E-state index is 12.8. The summed E-state index contributed by atoms with van der Waals surface area (Å²) in [6.07, 6.45) is -0.322. The average molecular weight is 407 g/mol. The van der Waals surface area contributed by atoms with E-state index < -0.39 is 5.76 Å². The number of ether oxygens (including phenoxy) is 1. The Hall–Kier alpha value is -2.28. The number of carbonyl (C=O) groups excluding carboxylic acids is 1. The van der Waals surface area contributed by atoms with Crippen molar-refractivity contribution in [3.63, 3.8) is 0 Å². The van der Waals surface area contributed by atoms with Crippen LogP contribution in [0.3, 0.4) is 0 Å². The fourth-order valence-corrected chi connectivity index (χ4v) is 3.78. The van der Waals surface area contributed by atoms with Crippen LogP contribution in [0.15, 0.2) is 51.7 Å². The number of para-hydroxylation sites is 2. The second kappa shape index (κ2) is 7.38. The summed E-state index contributed by atoms with van der Waals surface area (Å²) in [6, 6.07) is 12.2. The number of hydrogen-bond acceptors (Lipinski definition) is 4. The molecule has 1 atom stereocenters. The Balaban J connectivity index is 1.53. The van der Waals surface area contributed by atoms with Gasteiger partial charge in [-0.05, 0) is 35.9 Å². The molecule has 140 valence electrons. The lowest BCUT2D eigenvalue weighted by molar-refractivity contribution is -0.139. The molecule has 4 rings (SSSR count). The van der Waals surface area contributed by atoms with E-state index in [0.717, 1.165) is 5.56 Å². The number of aromatic nitrogens is 1. The van der Waals surface area contributed by atoms with Crippen LogP contribution in [0.2, 0.25) is 10.0 Å². The molecule has 1 amide bonds. The Kier molecular flexibility index (Phi) is 4.95. The van der Waals surface area contributed by atoms with Crippen molar-refractivity contribution in [1.29, 1.82) is 0 Å². The third kappa shape index (κ3) is 3.74. The summed E-state index contributed by atoms with van der Waals surface area (Å²) < 4.78 is 12.3. The van der Waals surface area contributed by atoms with Gasteiger partial charge in [0, 0.05) is 16.6 Å². The van der Waals surface area contributed by atoms with E-state index in [1.165, 1.54) is 4.57 Å². The Morgan fingerprint density at radius 1 is 1.15 bits per heavy atom. The summed E-state index contributed by atoms with van der Waals surface area (Å²) in [5.74, 6) is -0.721. The number of amides is 1. The zero-order valence-corrected chi connectivity index (χ0v) is 15.7. The molecule has 6 nitrogen and oxygen atoms in total. The van der Waals surface area contributed by atoms with Crippen molar-refractivity contribution in [2.75, 3.05) is 19.7 Å². The zero-order valence-electron chi connectivity index (χ0n) is 14.2. The minimum atomic E-state index is -0.545. The van der Waals surface area contributed by atoms with Crippen LogP contribution in [0, 0.1) is 0 Å². The maximum Gasteiger partial charge on any atom is 0.420 e. The zero-order chi connectivity index (χ0) is 19.0. The molecule has 1 aromatic heterocycles. The number of carbonyl (C=O) groups is 1. The molecule has 0 bridgehead atoms. The van der Waals surface area contributed by atoms with Gasteiger partial charge >= 0.3 is 5.76 Å².